The molecule has 3 aromatic heterocycles. The topological polar surface area (TPSA) is 124 Å². The Morgan fingerprint density at radius 2 is 1.89 bits per heavy atom. The highest BCUT2D eigenvalue weighted by molar-refractivity contribution is 6.76. The zero-order valence-electron chi connectivity index (χ0n) is 28.0. The van der Waals surface area contributed by atoms with Gasteiger partial charge in [0.05, 0.1) is 11.4 Å². The van der Waals surface area contributed by atoms with Crippen LogP contribution in [0.2, 0.25) is 25.7 Å². The molecule has 1 aliphatic carbocycles. The molecule has 4 rings (SSSR count). The standard InChI is InChI=1S/C33H49FN6O4Si/c1-9-26-28(22(5)38-40(26)19-43-16-17-45(6,7)8)24-14-15-27(35-31(24)34)36-33(42)30(23-12-10-21(4)11-13-23)37-32(41)25-18-44-39-29(25)20(2)3/h14-15,18,20-21,23,30H,9-13,16-17,19H2,1-8H3,(H,37,41)(H,35,36,42)/t21-,23-,30-/m0/s1. The lowest BCUT2D eigenvalue weighted by molar-refractivity contribution is -0.119. The molecule has 45 heavy (non-hydrogen) atoms. The molecule has 0 spiro atoms. The highest BCUT2D eigenvalue weighted by atomic mass is 28.3. The third-order valence-electron chi connectivity index (χ3n) is 8.64. The third-order valence-corrected chi connectivity index (χ3v) is 10.3. The summed E-state index contributed by atoms with van der Waals surface area (Å²) >= 11 is 0. The lowest BCUT2D eigenvalue weighted by atomic mass is 9.79. The van der Waals surface area contributed by atoms with Crippen LogP contribution in [0.1, 0.15) is 86.7 Å². The molecule has 0 aromatic carbocycles. The quantitative estimate of drug-likeness (QED) is 0.118. The van der Waals surface area contributed by atoms with E-state index in [4.69, 9.17) is 9.26 Å². The number of ether oxygens (including phenoxy) is 1. The van der Waals surface area contributed by atoms with Crippen molar-refractivity contribution in [3.05, 3.63) is 47.0 Å². The number of carbonyl (C=O) groups excluding carboxylic acids is 2. The molecule has 2 amide bonds. The van der Waals surface area contributed by atoms with E-state index in [-0.39, 0.29) is 17.7 Å². The van der Waals surface area contributed by atoms with Crippen LogP contribution < -0.4 is 10.6 Å². The number of hydrogen-bond acceptors (Lipinski definition) is 7. The van der Waals surface area contributed by atoms with Gasteiger partial charge in [-0.25, -0.2) is 9.67 Å². The lowest BCUT2D eigenvalue weighted by Crippen LogP contribution is -2.49. The van der Waals surface area contributed by atoms with Gasteiger partial charge in [0.1, 0.15) is 30.4 Å². The molecule has 10 nitrogen and oxygen atoms in total. The number of aromatic nitrogens is 4. The number of aryl methyl sites for hydroxylation is 1. The summed E-state index contributed by atoms with van der Waals surface area (Å²) in [5.74, 6) is -1.00. The molecule has 1 saturated carbocycles. The number of pyridine rings is 1. The molecule has 0 bridgehead atoms. The van der Waals surface area contributed by atoms with Crippen molar-refractivity contribution in [3.8, 4) is 11.1 Å². The summed E-state index contributed by atoms with van der Waals surface area (Å²) in [4.78, 5) is 31.1. The van der Waals surface area contributed by atoms with Crippen LogP contribution in [-0.2, 0) is 22.7 Å². The number of amides is 2. The number of hydrogen-bond donors (Lipinski definition) is 2. The Labute approximate surface area is 266 Å². The van der Waals surface area contributed by atoms with Crippen molar-refractivity contribution < 1.29 is 23.2 Å². The molecule has 0 radical (unpaired) electrons. The number of nitrogens with one attached hydrogen (secondary N) is 2. The smallest absolute Gasteiger partial charge is 0.257 e. The van der Waals surface area contributed by atoms with E-state index in [2.05, 4.69) is 52.4 Å². The monoisotopic (exact) mass is 640 g/mol. The van der Waals surface area contributed by atoms with Crippen molar-refractivity contribution in [2.24, 2.45) is 11.8 Å². The maximum atomic E-state index is 15.6. The molecule has 3 heterocycles. The highest BCUT2D eigenvalue weighted by Crippen LogP contribution is 2.33. The maximum Gasteiger partial charge on any atom is 0.257 e. The van der Waals surface area contributed by atoms with Crippen LogP contribution in [0.4, 0.5) is 10.2 Å². The van der Waals surface area contributed by atoms with Gasteiger partial charge in [-0.3, -0.25) is 9.59 Å². The molecule has 0 aliphatic heterocycles. The summed E-state index contributed by atoms with van der Waals surface area (Å²) in [5.41, 5.74) is 3.39. The summed E-state index contributed by atoms with van der Waals surface area (Å²) in [7, 11) is -1.22. The van der Waals surface area contributed by atoms with Crippen LogP contribution in [-0.4, -0.2) is 52.5 Å². The first-order valence-electron chi connectivity index (χ1n) is 16.2. The van der Waals surface area contributed by atoms with E-state index >= 15 is 4.39 Å². The SMILES string of the molecule is CCc1c(-c2ccc(NC(=O)[C@@H](NC(=O)c3conc3C(C)C)[C@H]3CC[C@H](C)CC3)nc2F)c(C)nn1COCC[Si](C)(C)C. The average Bonchev–Trinajstić information content (AvgIpc) is 3.59. The first-order valence-corrected chi connectivity index (χ1v) is 19.9. The van der Waals surface area contributed by atoms with E-state index in [1.165, 1.54) is 6.26 Å². The minimum atomic E-state index is -1.22. The Kier molecular flexibility index (Phi) is 11.3. The van der Waals surface area contributed by atoms with Gasteiger partial charge in [0, 0.05) is 31.5 Å². The van der Waals surface area contributed by atoms with Crippen LogP contribution >= 0.6 is 0 Å². The second-order valence-corrected chi connectivity index (χ2v) is 19.5. The minimum absolute atomic E-state index is 0.0237. The summed E-state index contributed by atoms with van der Waals surface area (Å²) in [6.07, 6.45) is 5.47. The zero-order valence-corrected chi connectivity index (χ0v) is 29.0. The van der Waals surface area contributed by atoms with E-state index in [0.29, 0.717) is 53.8 Å². The Hall–Kier alpha value is -3.38. The molecule has 1 aliphatic rings. The first kappa shape index (κ1) is 34.5. The van der Waals surface area contributed by atoms with Crippen molar-refractivity contribution >= 4 is 25.7 Å². The number of anilines is 1. The fourth-order valence-corrected chi connectivity index (χ4v) is 6.69. The van der Waals surface area contributed by atoms with Gasteiger partial charge in [0.2, 0.25) is 11.9 Å². The van der Waals surface area contributed by atoms with Crippen LogP contribution in [0.5, 0.6) is 0 Å². The average molecular weight is 641 g/mol. The van der Waals surface area contributed by atoms with Gasteiger partial charge in [0.15, 0.2) is 0 Å². The van der Waals surface area contributed by atoms with Gasteiger partial charge in [0.25, 0.3) is 5.91 Å². The molecule has 0 unspecified atom stereocenters. The van der Waals surface area contributed by atoms with Crippen molar-refractivity contribution in [1.82, 2.24) is 25.2 Å². The van der Waals surface area contributed by atoms with E-state index in [0.717, 1.165) is 37.4 Å². The Bertz CT molecular complexity index is 1470. The van der Waals surface area contributed by atoms with E-state index in [1.54, 1.807) is 16.8 Å². The predicted octanol–water partition coefficient (Wildman–Crippen LogP) is 6.94. The van der Waals surface area contributed by atoms with Gasteiger partial charge in [-0.1, -0.05) is 65.3 Å². The number of rotatable bonds is 13. The molecule has 0 saturated heterocycles. The van der Waals surface area contributed by atoms with Gasteiger partial charge < -0.3 is 19.9 Å². The Morgan fingerprint density at radius 3 is 2.51 bits per heavy atom. The maximum absolute atomic E-state index is 15.6. The van der Waals surface area contributed by atoms with E-state index in [1.807, 2.05) is 27.7 Å². The molecule has 3 aromatic rings. The summed E-state index contributed by atoms with van der Waals surface area (Å²) < 4.78 is 28.4. The van der Waals surface area contributed by atoms with Gasteiger partial charge >= 0.3 is 0 Å². The number of nitrogens with zero attached hydrogens (tertiary/aromatic N) is 4. The molecular weight excluding hydrogens is 591 g/mol. The summed E-state index contributed by atoms with van der Waals surface area (Å²) in [5, 5.41) is 14.3. The van der Waals surface area contributed by atoms with Gasteiger partial charge in [-0.15, -0.1) is 0 Å². The summed E-state index contributed by atoms with van der Waals surface area (Å²) in [6.45, 7) is 17.8. The van der Waals surface area contributed by atoms with E-state index in [9.17, 15) is 9.59 Å². The second-order valence-electron chi connectivity index (χ2n) is 13.9. The van der Waals surface area contributed by atoms with Crippen LogP contribution in [0.25, 0.3) is 11.1 Å². The van der Waals surface area contributed by atoms with Crippen molar-refractivity contribution in [2.45, 2.75) is 111 Å². The van der Waals surface area contributed by atoms with Crippen LogP contribution in [0.15, 0.2) is 22.9 Å². The Morgan fingerprint density at radius 1 is 1.18 bits per heavy atom. The van der Waals surface area contributed by atoms with Crippen molar-refractivity contribution in [3.63, 3.8) is 0 Å². The van der Waals surface area contributed by atoms with Crippen molar-refractivity contribution in [2.75, 3.05) is 11.9 Å². The summed E-state index contributed by atoms with van der Waals surface area (Å²) in [6, 6.07) is 3.45. The molecule has 1 atom stereocenters. The number of carbonyl (C=O) groups is 2. The fourth-order valence-electron chi connectivity index (χ4n) is 5.94. The Balaban J connectivity index is 1.52. The first-order chi connectivity index (χ1) is 21.3. The molecule has 12 heteroatoms. The molecule has 246 valence electrons. The second kappa shape index (κ2) is 14.8. The lowest BCUT2D eigenvalue weighted by Gasteiger charge is -2.32. The fraction of sp³-hybridized carbons (Fsp3) is 0.606. The van der Waals surface area contributed by atoms with Crippen LogP contribution in [0.3, 0.4) is 0 Å². The van der Waals surface area contributed by atoms with E-state index < -0.39 is 31.9 Å². The highest BCUT2D eigenvalue weighted by Gasteiger charge is 2.34. The van der Waals surface area contributed by atoms with Crippen LogP contribution in [0, 0.1) is 24.7 Å². The number of halogens is 1. The zero-order chi connectivity index (χ0) is 32.9. The normalized spacial score (nSPS) is 17.8. The predicted molar refractivity (Wildman–Crippen MR) is 175 cm³/mol. The van der Waals surface area contributed by atoms with Gasteiger partial charge in [-0.2, -0.15) is 9.49 Å². The largest absolute Gasteiger partial charge is 0.364 e. The molecule has 2 N–H and O–H groups in total. The van der Waals surface area contributed by atoms with Crippen molar-refractivity contribution in [1.29, 1.82) is 0 Å². The molecular formula is C33H49FN6O4Si. The third kappa shape index (κ3) is 8.66. The molecule has 1 fully saturated rings. The minimum Gasteiger partial charge on any atom is -0.364 e. The van der Waals surface area contributed by atoms with Gasteiger partial charge in [-0.05, 0) is 62.1 Å².